The van der Waals surface area contributed by atoms with Crippen LogP contribution in [0.4, 0.5) is 11.6 Å². The first kappa shape index (κ1) is 21.2. The van der Waals surface area contributed by atoms with E-state index in [1.807, 2.05) is 19.9 Å². The molecule has 0 saturated carbocycles. The maximum Gasteiger partial charge on any atom is 0.267 e. The topological polar surface area (TPSA) is 135 Å². The van der Waals surface area contributed by atoms with Crippen LogP contribution in [-0.4, -0.2) is 24.5 Å². The highest BCUT2D eigenvalue weighted by Crippen LogP contribution is 2.26. The van der Waals surface area contributed by atoms with Crippen LogP contribution in [0, 0.1) is 25.2 Å². The number of fused-ring (bicyclic) bond motifs is 1. The molecule has 0 aliphatic heterocycles. The summed E-state index contributed by atoms with van der Waals surface area (Å²) in [6.45, 7) is 5.30. The summed E-state index contributed by atoms with van der Waals surface area (Å²) in [5.74, 6) is 1.16. The van der Waals surface area contributed by atoms with E-state index >= 15 is 0 Å². The van der Waals surface area contributed by atoms with Crippen molar-refractivity contribution in [2.24, 2.45) is 0 Å². The molecule has 4 rings (SSSR count). The molecule has 1 atom stereocenters. The van der Waals surface area contributed by atoms with E-state index in [9.17, 15) is 10.1 Å². The van der Waals surface area contributed by atoms with E-state index < -0.39 is 6.04 Å². The zero-order valence-electron chi connectivity index (χ0n) is 17.6. The fourth-order valence-electron chi connectivity index (χ4n) is 3.52. The molecular formula is C22H19ClN8O. The van der Waals surface area contributed by atoms with Crippen LogP contribution in [0.5, 0.6) is 0 Å². The molecule has 160 valence electrons. The molecule has 9 nitrogen and oxygen atoms in total. The molecule has 0 aliphatic rings. The summed E-state index contributed by atoms with van der Waals surface area (Å²) in [5.41, 5.74) is 7.39. The summed E-state index contributed by atoms with van der Waals surface area (Å²) >= 11 is 6.35. The summed E-state index contributed by atoms with van der Waals surface area (Å²) in [6.07, 6.45) is 1.65. The maximum absolute atomic E-state index is 13.6. The number of aromatic nitrogens is 5. The Morgan fingerprint density at radius 3 is 2.69 bits per heavy atom. The Balaban J connectivity index is 1.97. The van der Waals surface area contributed by atoms with Crippen molar-refractivity contribution in [2.75, 3.05) is 11.1 Å². The Labute approximate surface area is 188 Å². The van der Waals surface area contributed by atoms with Crippen molar-refractivity contribution in [3.63, 3.8) is 0 Å². The smallest absolute Gasteiger partial charge is 0.267 e. The van der Waals surface area contributed by atoms with Gasteiger partial charge in [-0.1, -0.05) is 17.7 Å². The number of rotatable bonds is 4. The summed E-state index contributed by atoms with van der Waals surface area (Å²) in [6, 6.07) is 10.1. The van der Waals surface area contributed by atoms with Crippen molar-refractivity contribution < 1.29 is 0 Å². The van der Waals surface area contributed by atoms with Crippen LogP contribution in [0.3, 0.4) is 0 Å². The molecule has 0 amide bonds. The third kappa shape index (κ3) is 3.61. The van der Waals surface area contributed by atoms with E-state index in [2.05, 4.69) is 20.3 Å². The molecule has 10 heteroatoms. The Morgan fingerprint density at radius 2 is 1.97 bits per heavy atom. The number of hydrogen-bond acceptors (Lipinski definition) is 8. The van der Waals surface area contributed by atoms with Crippen LogP contribution in [0.1, 0.15) is 35.9 Å². The lowest BCUT2D eigenvalue weighted by Crippen LogP contribution is -2.28. The minimum Gasteiger partial charge on any atom is -0.382 e. The number of halogens is 1. The van der Waals surface area contributed by atoms with Gasteiger partial charge in [0.1, 0.15) is 29.1 Å². The number of nitrogens with zero attached hydrogens (tertiary/aromatic N) is 6. The molecule has 0 unspecified atom stereocenters. The van der Waals surface area contributed by atoms with Gasteiger partial charge in [0.2, 0.25) is 0 Å². The first-order valence-corrected chi connectivity index (χ1v) is 10.1. The van der Waals surface area contributed by atoms with E-state index in [0.717, 1.165) is 0 Å². The Bertz CT molecular complexity index is 1460. The zero-order valence-corrected chi connectivity index (χ0v) is 18.3. The molecule has 3 N–H and O–H groups in total. The van der Waals surface area contributed by atoms with Gasteiger partial charge in [0, 0.05) is 6.20 Å². The van der Waals surface area contributed by atoms with E-state index in [-0.39, 0.29) is 22.8 Å². The molecular weight excluding hydrogens is 428 g/mol. The van der Waals surface area contributed by atoms with Gasteiger partial charge < -0.3 is 11.1 Å². The largest absolute Gasteiger partial charge is 0.382 e. The summed E-state index contributed by atoms with van der Waals surface area (Å²) < 4.78 is 1.48. The number of nitrogen functional groups attached to an aromatic ring is 1. The maximum atomic E-state index is 13.6. The van der Waals surface area contributed by atoms with Gasteiger partial charge in [-0.15, -0.1) is 0 Å². The third-order valence-electron chi connectivity index (χ3n) is 4.99. The lowest BCUT2D eigenvalue weighted by molar-refractivity contribution is 0.725. The first-order chi connectivity index (χ1) is 15.3. The van der Waals surface area contributed by atoms with Crippen molar-refractivity contribution in [2.45, 2.75) is 26.8 Å². The van der Waals surface area contributed by atoms with Crippen LogP contribution >= 0.6 is 11.6 Å². The average Bonchev–Trinajstić information content (AvgIpc) is 2.74. The van der Waals surface area contributed by atoms with E-state index in [1.54, 1.807) is 43.5 Å². The molecule has 32 heavy (non-hydrogen) atoms. The lowest BCUT2D eigenvalue weighted by Gasteiger charge is -2.21. The number of nitrogens with one attached hydrogen (secondary N) is 1. The van der Waals surface area contributed by atoms with Crippen LogP contribution in [0.2, 0.25) is 5.02 Å². The van der Waals surface area contributed by atoms with E-state index in [1.165, 1.54) is 4.57 Å². The monoisotopic (exact) mass is 446 g/mol. The number of anilines is 2. The van der Waals surface area contributed by atoms with Gasteiger partial charge in [-0.2, -0.15) is 5.26 Å². The predicted octanol–water partition coefficient (Wildman–Crippen LogP) is 3.47. The standard InChI is InChI=1S/C22H19ClN8O/c1-11-17(8-5-9-26-11)31-21(30-16-7-4-6-15(23)18(16)22(31)32)12(2)27-20-14(10-24)19(25)28-13(3)29-20/h4-9,12H,1-3H3,(H3,25,27,28,29)/t12-/m0/s1. The predicted molar refractivity (Wildman–Crippen MR) is 123 cm³/mol. The van der Waals surface area contributed by atoms with E-state index in [0.29, 0.717) is 39.0 Å². The minimum absolute atomic E-state index is 0.0773. The molecule has 0 spiro atoms. The van der Waals surface area contributed by atoms with Crippen molar-refractivity contribution in [3.8, 4) is 11.8 Å². The lowest BCUT2D eigenvalue weighted by atomic mass is 10.2. The highest BCUT2D eigenvalue weighted by atomic mass is 35.5. The van der Waals surface area contributed by atoms with Crippen LogP contribution in [0.15, 0.2) is 41.3 Å². The molecule has 3 aromatic heterocycles. The number of nitriles is 1. The van der Waals surface area contributed by atoms with Gasteiger partial charge in [-0.05, 0) is 45.0 Å². The number of aryl methyl sites for hydroxylation is 2. The van der Waals surface area contributed by atoms with Crippen molar-refractivity contribution in [3.05, 3.63) is 74.8 Å². The summed E-state index contributed by atoms with van der Waals surface area (Å²) in [7, 11) is 0. The number of nitrogens with two attached hydrogens (primary N) is 1. The second kappa shape index (κ2) is 8.24. The minimum atomic E-state index is -0.536. The van der Waals surface area contributed by atoms with Crippen LogP contribution in [0.25, 0.3) is 16.6 Å². The van der Waals surface area contributed by atoms with Gasteiger partial charge in [-0.25, -0.2) is 15.0 Å². The SMILES string of the molecule is Cc1nc(N)c(C#N)c(N[C@@H](C)c2nc3cccc(Cl)c3c(=O)n2-c2cccnc2C)n1. The highest BCUT2D eigenvalue weighted by Gasteiger charge is 2.22. The first-order valence-electron chi connectivity index (χ1n) is 9.75. The molecule has 0 fully saturated rings. The van der Waals surface area contributed by atoms with E-state index in [4.69, 9.17) is 22.3 Å². The zero-order chi connectivity index (χ0) is 23.0. The van der Waals surface area contributed by atoms with Crippen molar-refractivity contribution in [1.82, 2.24) is 24.5 Å². The fourth-order valence-corrected chi connectivity index (χ4v) is 3.77. The average molecular weight is 447 g/mol. The normalized spacial score (nSPS) is 11.8. The summed E-state index contributed by atoms with van der Waals surface area (Å²) in [5, 5.41) is 13.3. The van der Waals surface area contributed by atoms with Crippen molar-refractivity contribution in [1.29, 1.82) is 5.26 Å². The van der Waals surface area contributed by atoms with Gasteiger partial charge in [0.25, 0.3) is 5.56 Å². The third-order valence-corrected chi connectivity index (χ3v) is 5.31. The molecule has 3 heterocycles. The molecule has 0 radical (unpaired) electrons. The van der Waals surface area contributed by atoms with Crippen LogP contribution in [-0.2, 0) is 0 Å². The molecule has 1 aromatic carbocycles. The Kier molecular flexibility index (Phi) is 5.47. The second-order valence-corrected chi connectivity index (χ2v) is 7.62. The molecule has 0 saturated heterocycles. The highest BCUT2D eigenvalue weighted by molar-refractivity contribution is 6.35. The summed E-state index contributed by atoms with van der Waals surface area (Å²) in [4.78, 5) is 31.0. The van der Waals surface area contributed by atoms with Gasteiger partial charge in [0.05, 0.1) is 33.3 Å². The fraction of sp³-hybridized carbons (Fsp3) is 0.182. The number of hydrogen-bond donors (Lipinski definition) is 2. The Hall–Kier alpha value is -4.03. The van der Waals surface area contributed by atoms with Gasteiger partial charge in [0.15, 0.2) is 5.82 Å². The molecule has 0 aliphatic carbocycles. The van der Waals surface area contributed by atoms with Crippen LogP contribution < -0.4 is 16.6 Å². The van der Waals surface area contributed by atoms with Crippen molar-refractivity contribution >= 4 is 34.1 Å². The van der Waals surface area contributed by atoms with Gasteiger partial charge >= 0.3 is 0 Å². The quantitative estimate of drug-likeness (QED) is 0.486. The number of benzene rings is 1. The second-order valence-electron chi connectivity index (χ2n) is 7.21. The molecule has 0 bridgehead atoms. The number of pyridine rings is 1. The Morgan fingerprint density at radius 1 is 1.19 bits per heavy atom. The molecule has 4 aromatic rings. The van der Waals surface area contributed by atoms with Gasteiger partial charge in [-0.3, -0.25) is 14.3 Å².